The minimum atomic E-state index is -0.323. The van der Waals surface area contributed by atoms with Gasteiger partial charge in [-0.05, 0) is 16.7 Å². The van der Waals surface area contributed by atoms with Crippen molar-refractivity contribution in [2.45, 2.75) is 12.6 Å². The van der Waals surface area contributed by atoms with Crippen LogP contribution in [-0.2, 0) is 0 Å². The van der Waals surface area contributed by atoms with Crippen molar-refractivity contribution < 1.29 is 9.47 Å². The van der Waals surface area contributed by atoms with Crippen LogP contribution in [0.4, 0.5) is 5.95 Å². The van der Waals surface area contributed by atoms with Crippen LogP contribution in [0.1, 0.15) is 18.2 Å². The van der Waals surface area contributed by atoms with Crippen molar-refractivity contribution >= 4 is 22.9 Å². The van der Waals surface area contributed by atoms with Gasteiger partial charge in [0.2, 0.25) is 5.95 Å². The Hall–Kier alpha value is -4.00. The molecule has 1 aromatic heterocycles. The van der Waals surface area contributed by atoms with E-state index in [0.717, 1.165) is 40.1 Å². The Morgan fingerprint density at radius 1 is 0.903 bits per heavy atom. The zero-order valence-electron chi connectivity index (χ0n) is 16.8. The van der Waals surface area contributed by atoms with Crippen molar-refractivity contribution in [3.8, 4) is 22.6 Å². The number of rotatable bonds is 2. The lowest BCUT2D eigenvalue weighted by molar-refractivity contribution is 0.297. The first kappa shape index (κ1) is 17.8. The summed E-state index contributed by atoms with van der Waals surface area (Å²) in [6.45, 7) is 1.27. The first-order chi connectivity index (χ1) is 15.3. The Morgan fingerprint density at radius 2 is 1.61 bits per heavy atom. The molecule has 3 N–H and O–H groups in total. The summed E-state index contributed by atoms with van der Waals surface area (Å²) in [4.78, 5) is 9.42. The number of hydrogen-bond acceptors (Lipinski definition) is 6. The molecule has 0 radical (unpaired) electrons. The smallest absolute Gasteiger partial charge is 0.212 e. The highest BCUT2D eigenvalue weighted by atomic mass is 16.5. The van der Waals surface area contributed by atoms with Crippen LogP contribution in [0.2, 0.25) is 0 Å². The lowest BCUT2D eigenvalue weighted by atomic mass is 10.0. The summed E-state index contributed by atoms with van der Waals surface area (Å²) in [5.41, 5.74) is 11.2. The molecule has 0 spiro atoms. The summed E-state index contributed by atoms with van der Waals surface area (Å²) >= 11 is 0. The summed E-state index contributed by atoms with van der Waals surface area (Å²) in [7, 11) is 0. The molecule has 1 unspecified atom stereocenters. The Labute approximate surface area is 179 Å². The highest BCUT2D eigenvalue weighted by Crippen LogP contribution is 2.39. The number of aliphatic imine (C=N–C) groups is 1. The van der Waals surface area contributed by atoms with E-state index in [1.807, 2.05) is 30.3 Å². The van der Waals surface area contributed by atoms with Gasteiger partial charge in [0.05, 0.1) is 24.2 Å². The second-order valence-corrected chi connectivity index (χ2v) is 7.64. The molecule has 0 saturated carbocycles. The van der Waals surface area contributed by atoms with Crippen LogP contribution < -0.4 is 20.5 Å². The normalized spacial score (nSPS) is 17.4. The molecule has 1 atom stereocenters. The van der Waals surface area contributed by atoms with Crippen molar-refractivity contribution in [1.82, 2.24) is 9.55 Å². The number of aromatic nitrogens is 2. The molecule has 154 valence electrons. The number of guanidine groups is 1. The number of benzene rings is 3. The number of nitrogens with one attached hydrogen (secondary N) is 1. The number of nitrogens with two attached hydrogens (primary N) is 1. The molecule has 2 aliphatic rings. The van der Waals surface area contributed by atoms with Crippen LogP contribution in [0, 0.1) is 0 Å². The van der Waals surface area contributed by atoms with Gasteiger partial charge in [0.1, 0.15) is 0 Å². The van der Waals surface area contributed by atoms with Gasteiger partial charge in [-0.15, -0.1) is 0 Å². The first-order valence-electron chi connectivity index (χ1n) is 10.3. The number of imidazole rings is 1. The van der Waals surface area contributed by atoms with Crippen LogP contribution in [0.25, 0.3) is 22.2 Å². The lowest BCUT2D eigenvalue weighted by Gasteiger charge is -2.24. The minimum Gasteiger partial charge on any atom is -0.489 e. The maximum atomic E-state index is 6.10. The van der Waals surface area contributed by atoms with E-state index >= 15 is 0 Å². The van der Waals surface area contributed by atoms with Crippen molar-refractivity contribution in [1.29, 1.82) is 0 Å². The maximum Gasteiger partial charge on any atom is 0.212 e. The molecule has 2 aliphatic heterocycles. The number of nitrogens with zero attached hydrogens (tertiary/aromatic N) is 3. The zero-order chi connectivity index (χ0) is 20.8. The van der Waals surface area contributed by atoms with Crippen molar-refractivity contribution in [3.63, 3.8) is 0 Å². The van der Waals surface area contributed by atoms with Crippen LogP contribution in [0.15, 0.2) is 71.7 Å². The molecule has 6 rings (SSSR count). The van der Waals surface area contributed by atoms with Crippen LogP contribution in [0.3, 0.4) is 0 Å². The fourth-order valence-corrected chi connectivity index (χ4v) is 4.13. The average Bonchev–Trinajstić information content (AvgIpc) is 2.98. The molecule has 4 aromatic rings. The third-order valence-electron chi connectivity index (χ3n) is 5.62. The fraction of sp³-hybridized carbons (Fsp3) is 0.167. The molecule has 0 fully saturated rings. The molecule has 0 aliphatic carbocycles. The van der Waals surface area contributed by atoms with Gasteiger partial charge in [-0.1, -0.05) is 54.6 Å². The number of ether oxygens (including phenoxy) is 2. The van der Waals surface area contributed by atoms with E-state index in [2.05, 4.69) is 51.3 Å². The van der Waals surface area contributed by atoms with Gasteiger partial charge >= 0.3 is 0 Å². The summed E-state index contributed by atoms with van der Waals surface area (Å²) < 4.78 is 13.8. The van der Waals surface area contributed by atoms with Gasteiger partial charge in [-0.2, -0.15) is 0 Å². The van der Waals surface area contributed by atoms with Crippen LogP contribution in [0.5, 0.6) is 11.5 Å². The first-order valence-corrected chi connectivity index (χ1v) is 10.3. The van der Waals surface area contributed by atoms with Gasteiger partial charge in [-0.25, -0.2) is 9.98 Å². The van der Waals surface area contributed by atoms with Crippen molar-refractivity contribution in [2.24, 2.45) is 10.7 Å². The van der Waals surface area contributed by atoms with Gasteiger partial charge < -0.3 is 15.2 Å². The molecule has 0 saturated heterocycles. The third-order valence-corrected chi connectivity index (χ3v) is 5.62. The van der Waals surface area contributed by atoms with E-state index in [-0.39, 0.29) is 6.17 Å². The quantitative estimate of drug-likeness (QED) is 0.517. The lowest BCUT2D eigenvalue weighted by Crippen LogP contribution is -2.31. The fourth-order valence-electron chi connectivity index (χ4n) is 4.13. The molecule has 3 aromatic carbocycles. The predicted octanol–water partition coefficient (Wildman–Crippen LogP) is 4.15. The molecular weight excluding hydrogens is 390 g/mol. The molecular formula is C24H21N5O2. The molecule has 0 bridgehead atoms. The Balaban J connectivity index is 1.45. The Kier molecular flexibility index (Phi) is 4.06. The second-order valence-electron chi connectivity index (χ2n) is 7.64. The SMILES string of the molecule is NC1=NC(c2ccc(-c3ccccc3)cc2)n2c(nc3cc4c(cc32)OCCCO4)N1. The molecule has 7 nitrogen and oxygen atoms in total. The van der Waals surface area contributed by atoms with E-state index in [4.69, 9.17) is 20.2 Å². The van der Waals surface area contributed by atoms with E-state index in [0.29, 0.717) is 25.1 Å². The topological polar surface area (TPSA) is 86.7 Å². The zero-order valence-corrected chi connectivity index (χ0v) is 16.8. The predicted molar refractivity (Wildman–Crippen MR) is 121 cm³/mol. The van der Waals surface area contributed by atoms with Gasteiger partial charge in [0, 0.05) is 18.6 Å². The molecule has 31 heavy (non-hydrogen) atoms. The van der Waals surface area contributed by atoms with Crippen molar-refractivity contribution in [3.05, 3.63) is 72.3 Å². The Bertz CT molecular complexity index is 1300. The van der Waals surface area contributed by atoms with Gasteiger partial charge in [0.15, 0.2) is 23.6 Å². The highest BCUT2D eigenvalue weighted by Gasteiger charge is 2.27. The van der Waals surface area contributed by atoms with E-state index in [9.17, 15) is 0 Å². The standard InChI is InChI=1S/C24H21N5O2/c25-23-27-22(17-9-7-16(8-10-17)15-5-2-1-3-6-15)29-19-14-21-20(30-11-4-12-31-21)13-18(19)26-24(29)28-23/h1-3,5-10,13-14,22H,4,11-12H2,(H3,25,26,27,28). The number of fused-ring (bicyclic) bond motifs is 4. The highest BCUT2D eigenvalue weighted by molar-refractivity contribution is 5.95. The average molecular weight is 411 g/mol. The van der Waals surface area contributed by atoms with E-state index in [1.165, 1.54) is 5.56 Å². The van der Waals surface area contributed by atoms with E-state index < -0.39 is 0 Å². The van der Waals surface area contributed by atoms with Crippen molar-refractivity contribution in [2.75, 3.05) is 18.5 Å². The maximum absolute atomic E-state index is 6.10. The largest absolute Gasteiger partial charge is 0.489 e. The Morgan fingerprint density at radius 3 is 2.39 bits per heavy atom. The van der Waals surface area contributed by atoms with Gasteiger partial charge in [0.25, 0.3) is 0 Å². The van der Waals surface area contributed by atoms with E-state index in [1.54, 1.807) is 0 Å². The summed E-state index contributed by atoms with van der Waals surface area (Å²) in [6.07, 6.45) is 0.534. The van der Waals surface area contributed by atoms with Crippen LogP contribution in [-0.4, -0.2) is 28.7 Å². The summed E-state index contributed by atoms with van der Waals surface area (Å²) in [6, 6.07) is 22.6. The molecule has 0 amide bonds. The number of hydrogen-bond donors (Lipinski definition) is 2. The third kappa shape index (κ3) is 3.06. The molecule has 7 heteroatoms. The van der Waals surface area contributed by atoms with Gasteiger partial charge in [-0.3, -0.25) is 9.88 Å². The minimum absolute atomic E-state index is 0.323. The second kappa shape index (κ2) is 7.05. The van der Waals surface area contributed by atoms with Crippen LogP contribution >= 0.6 is 0 Å². The number of anilines is 1. The molecule has 3 heterocycles. The summed E-state index contributed by atoms with van der Waals surface area (Å²) in [5, 5.41) is 3.09. The monoisotopic (exact) mass is 411 g/mol. The summed E-state index contributed by atoms with van der Waals surface area (Å²) in [5.74, 6) is 2.44.